The van der Waals surface area contributed by atoms with Gasteiger partial charge in [0, 0.05) is 5.02 Å². The summed E-state index contributed by atoms with van der Waals surface area (Å²) < 4.78 is 17.9. The number of ether oxygens (including phenoxy) is 3. The van der Waals surface area contributed by atoms with E-state index in [-0.39, 0.29) is 0 Å². The summed E-state index contributed by atoms with van der Waals surface area (Å²) in [5.74, 6) is 0.737. The number of halogens is 1. The van der Waals surface area contributed by atoms with Crippen molar-refractivity contribution in [2.75, 3.05) is 13.2 Å². The SMILES string of the molecule is Cc1ccc2c(c1)C(C)(COc1ccc(Cc3cc([C@@H]4O[C@H](CO)[C@@H](O)[C@H](O)[C@H]4O)ccc3Cl)cc1)OC2. The van der Waals surface area contributed by atoms with Crippen molar-refractivity contribution < 1.29 is 34.6 Å². The number of aliphatic hydroxyl groups excluding tert-OH is 4. The largest absolute Gasteiger partial charge is 0.490 e. The van der Waals surface area contributed by atoms with Gasteiger partial charge in [0.2, 0.25) is 0 Å². The summed E-state index contributed by atoms with van der Waals surface area (Å²) in [5, 5.41) is 40.8. The van der Waals surface area contributed by atoms with Gasteiger partial charge in [-0.3, -0.25) is 0 Å². The summed E-state index contributed by atoms with van der Waals surface area (Å²) in [6.07, 6.45) is -5.55. The van der Waals surface area contributed by atoms with Crippen molar-refractivity contribution in [3.05, 3.63) is 99.1 Å². The van der Waals surface area contributed by atoms with Crippen LogP contribution in [0, 0.1) is 6.92 Å². The minimum atomic E-state index is -1.44. The quantitative estimate of drug-likeness (QED) is 0.363. The summed E-state index contributed by atoms with van der Waals surface area (Å²) >= 11 is 6.48. The zero-order chi connectivity index (χ0) is 27.0. The first kappa shape index (κ1) is 27.1. The number of hydrogen-bond acceptors (Lipinski definition) is 7. The second-order valence-electron chi connectivity index (χ2n) is 10.4. The maximum absolute atomic E-state index is 10.5. The van der Waals surface area contributed by atoms with Crippen LogP contribution in [0.25, 0.3) is 0 Å². The fourth-order valence-corrected chi connectivity index (χ4v) is 5.36. The van der Waals surface area contributed by atoms with Gasteiger partial charge >= 0.3 is 0 Å². The highest BCUT2D eigenvalue weighted by atomic mass is 35.5. The fourth-order valence-electron chi connectivity index (χ4n) is 5.17. The van der Waals surface area contributed by atoms with Crippen LogP contribution in [0.2, 0.25) is 5.02 Å². The van der Waals surface area contributed by atoms with Crippen molar-refractivity contribution in [1.82, 2.24) is 0 Å². The van der Waals surface area contributed by atoms with Crippen molar-refractivity contribution in [2.24, 2.45) is 0 Å². The Kier molecular flexibility index (Phi) is 7.80. The average molecular weight is 541 g/mol. The standard InChI is InChI=1S/C30H33ClO7/c1-17-3-6-20-15-37-30(2,23(20)11-17)16-36-22-8-4-18(5-9-22)12-21-13-19(7-10-24(21)31)29-28(35)27(34)26(33)25(14-32)38-29/h3-11,13,25-29,32-35H,12,14-16H2,1-2H3/t25-,26-,27+,28-,29+,30?/m1/s1. The minimum Gasteiger partial charge on any atom is -0.490 e. The van der Waals surface area contributed by atoms with Crippen LogP contribution in [0.15, 0.2) is 60.7 Å². The zero-order valence-electron chi connectivity index (χ0n) is 21.4. The molecule has 3 aromatic rings. The van der Waals surface area contributed by atoms with Crippen LogP contribution in [-0.2, 0) is 28.1 Å². The molecule has 0 saturated carbocycles. The molecule has 38 heavy (non-hydrogen) atoms. The molecule has 202 valence electrons. The van der Waals surface area contributed by atoms with Crippen LogP contribution in [0.4, 0.5) is 0 Å². The van der Waals surface area contributed by atoms with Crippen LogP contribution >= 0.6 is 11.6 Å². The van der Waals surface area contributed by atoms with Gasteiger partial charge in [-0.1, -0.05) is 59.6 Å². The number of rotatable bonds is 7. The third-order valence-corrected chi connectivity index (χ3v) is 7.87. The molecule has 6 atom stereocenters. The molecule has 2 heterocycles. The molecular formula is C30H33ClO7. The first-order valence-corrected chi connectivity index (χ1v) is 13.1. The van der Waals surface area contributed by atoms with E-state index >= 15 is 0 Å². The lowest BCUT2D eigenvalue weighted by atomic mass is 9.90. The lowest BCUT2D eigenvalue weighted by Crippen LogP contribution is -2.55. The molecule has 0 aliphatic carbocycles. The molecule has 2 aliphatic heterocycles. The third-order valence-electron chi connectivity index (χ3n) is 7.50. The van der Waals surface area contributed by atoms with E-state index in [1.165, 1.54) is 16.7 Å². The van der Waals surface area contributed by atoms with E-state index < -0.39 is 42.7 Å². The average Bonchev–Trinajstić information content (AvgIpc) is 3.24. The van der Waals surface area contributed by atoms with E-state index in [1.807, 2.05) is 30.3 Å². The Morgan fingerprint density at radius 1 is 0.974 bits per heavy atom. The molecule has 0 amide bonds. The summed E-state index contributed by atoms with van der Waals surface area (Å²) in [5.41, 5.74) is 5.48. The summed E-state index contributed by atoms with van der Waals surface area (Å²) in [4.78, 5) is 0. The highest BCUT2D eigenvalue weighted by Crippen LogP contribution is 2.38. The monoisotopic (exact) mass is 540 g/mol. The van der Waals surface area contributed by atoms with Gasteiger partial charge in [-0.2, -0.15) is 0 Å². The van der Waals surface area contributed by atoms with Crippen LogP contribution in [0.3, 0.4) is 0 Å². The molecule has 0 radical (unpaired) electrons. The third kappa shape index (κ3) is 5.33. The van der Waals surface area contributed by atoms with Gasteiger partial charge in [-0.25, -0.2) is 0 Å². The van der Waals surface area contributed by atoms with Crippen LogP contribution in [-0.4, -0.2) is 58.1 Å². The summed E-state index contributed by atoms with van der Waals surface area (Å²) in [7, 11) is 0. The van der Waals surface area contributed by atoms with Crippen molar-refractivity contribution in [3.63, 3.8) is 0 Å². The Morgan fingerprint density at radius 2 is 1.74 bits per heavy atom. The molecule has 3 aromatic carbocycles. The van der Waals surface area contributed by atoms with Crippen molar-refractivity contribution >= 4 is 11.6 Å². The van der Waals surface area contributed by atoms with E-state index in [9.17, 15) is 20.4 Å². The number of aryl methyl sites for hydroxylation is 1. The van der Waals surface area contributed by atoms with Gasteiger partial charge in [0.25, 0.3) is 0 Å². The Morgan fingerprint density at radius 3 is 2.47 bits per heavy atom. The Bertz CT molecular complexity index is 1280. The molecule has 1 saturated heterocycles. The molecule has 5 rings (SSSR count). The van der Waals surface area contributed by atoms with Crippen LogP contribution in [0.1, 0.15) is 46.4 Å². The predicted molar refractivity (Wildman–Crippen MR) is 142 cm³/mol. The van der Waals surface area contributed by atoms with Gasteiger partial charge in [0.1, 0.15) is 48.5 Å². The second kappa shape index (κ2) is 10.9. The summed E-state index contributed by atoms with van der Waals surface area (Å²) in [6, 6.07) is 19.4. The molecule has 4 N–H and O–H groups in total. The Labute approximate surface area is 227 Å². The maximum Gasteiger partial charge on any atom is 0.125 e. The molecule has 1 unspecified atom stereocenters. The molecule has 0 spiro atoms. The van der Waals surface area contributed by atoms with Crippen molar-refractivity contribution in [3.8, 4) is 5.75 Å². The van der Waals surface area contributed by atoms with Gasteiger partial charge in [0.15, 0.2) is 0 Å². The van der Waals surface area contributed by atoms with E-state index in [1.54, 1.807) is 12.1 Å². The molecule has 1 fully saturated rings. The van der Waals surface area contributed by atoms with E-state index in [0.29, 0.717) is 30.2 Å². The number of aliphatic hydroxyl groups is 4. The zero-order valence-corrected chi connectivity index (χ0v) is 22.1. The highest BCUT2D eigenvalue weighted by molar-refractivity contribution is 6.31. The minimum absolute atomic E-state index is 0.399. The first-order chi connectivity index (χ1) is 18.2. The lowest BCUT2D eigenvalue weighted by Gasteiger charge is -2.40. The second-order valence-corrected chi connectivity index (χ2v) is 10.8. The molecule has 8 heteroatoms. The van der Waals surface area contributed by atoms with E-state index in [2.05, 4.69) is 32.0 Å². The van der Waals surface area contributed by atoms with Gasteiger partial charge < -0.3 is 34.6 Å². The molecule has 2 aliphatic rings. The van der Waals surface area contributed by atoms with Crippen molar-refractivity contribution in [2.45, 2.75) is 63.0 Å². The van der Waals surface area contributed by atoms with Gasteiger partial charge in [-0.15, -0.1) is 0 Å². The first-order valence-electron chi connectivity index (χ1n) is 12.7. The van der Waals surface area contributed by atoms with Crippen LogP contribution < -0.4 is 4.74 Å². The normalized spacial score (nSPS) is 28.8. The topological polar surface area (TPSA) is 109 Å². The molecule has 0 aromatic heterocycles. The smallest absolute Gasteiger partial charge is 0.125 e. The number of hydrogen-bond donors (Lipinski definition) is 4. The number of benzene rings is 3. The van der Waals surface area contributed by atoms with Crippen LogP contribution in [0.5, 0.6) is 5.75 Å². The highest BCUT2D eigenvalue weighted by Gasteiger charge is 2.44. The van der Waals surface area contributed by atoms with Gasteiger partial charge in [0.05, 0.1) is 13.2 Å². The molecular weight excluding hydrogens is 508 g/mol. The van der Waals surface area contributed by atoms with Gasteiger partial charge in [-0.05, 0) is 66.3 Å². The van der Waals surface area contributed by atoms with E-state index in [0.717, 1.165) is 16.9 Å². The summed E-state index contributed by atoms with van der Waals surface area (Å²) in [6.45, 7) is 4.63. The Hall–Kier alpha value is -2.49. The predicted octanol–water partition coefficient (Wildman–Crippen LogP) is 3.58. The van der Waals surface area contributed by atoms with Crippen molar-refractivity contribution in [1.29, 1.82) is 0 Å². The maximum atomic E-state index is 10.5. The Balaban J connectivity index is 1.26. The molecule has 0 bridgehead atoms. The van der Waals surface area contributed by atoms with E-state index in [4.69, 9.17) is 25.8 Å². The fraction of sp³-hybridized carbons (Fsp3) is 0.400. The molecule has 7 nitrogen and oxygen atoms in total. The number of fused-ring (bicyclic) bond motifs is 1. The lowest BCUT2D eigenvalue weighted by molar-refractivity contribution is -0.231.